The lowest BCUT2D eigenvalue weighted by molar-refractivity contribution is 0.103. The van der Waals surface area contributed by atoms with E-state index in [1.807, 2.05) is 0 Å². The number of carbonyl (C=O) groups is 1. The molecule has 2 N–H and O–H groups in total. The van der Waals surface area contributed by atoms with Crippen LogP contribution in [0.2, 0.25) is 0 Å². The quantitative estimate of drug-likeness (QED) is 0.671. The Morgan fingerprint density at radius 3 is 2.19 bits per heavy atom. The molecule has 0 spiro atoms. The lowest BCUT2D eigenvalue weighted by Gasteiger charge is -2.09. The monoisotopic (exact) mass is 359 g/mol. The lowest BCUT2D eigenvalue weighted by atomic mass is 10.0. The van der Waals surface area contributed by atoms with E-state index >= 15 is 0 Å². The Bertz CT molecular complexity index is 711. The van der Waals surface area contributed by atoms with E-state index in [0.717, 1.165) is 24.3 Å². The third-order valence-electron chi connectivity index (χ3n) is 2.81. The van der Waals surface area contributed by atoms with Gasteiger partial charge in [0.05, 0.1) is 18.4 Å². The van der Waals surface area contributed by atoms with Crippen LogP contribution >= 0.6 is 15.9 Å². The maximum absolute atomic E-state index is 13.9. The van der Waals surface area contributed by atoms with Gasteiger partial charge in [0.2, 0.25) is 0 Å². The highest BCUT2D eigenvalue weighted by molar-refractivity contribution is 9.10. The van der Waals surface area contributed by atoms with Crippen molar-refractivity contribution >= 4 is 27.4 Å². The number of carbonyl (C=O) groups excluding carboxylic acids is 1. The maximum atomic E-state index is 13.9. The summed E-state index contributed by atoms with van der Waals surface area (Å²) in [7, 11) is 1.24. The van der Waals surface area contributed by atoms with Crippen LogP contribution in [0.15, 0.2) is 28.7 Å². The van der Waals surface area contributed by atoms with Gasteiger partial charge in [-0.3, -0.25) is 4.79 Å². The molecule has 0 aliphatic rings. The molecule has 0 saturated carbocycles. The first kappa shape index (κ1) is 15.4. The first-order chi connectivity index (χ1) is 9.85. The van der Waals surface area contributed by atoms with Gasteiger partial charge >= 0.3 is 0 Å². The fraction of sp³-hybridized carbons (Fsp3) is 0.0714. The Morgan fingerprint density at radius 2 is 1.67 bits per heavy atom. The van der Waals surface area contributed by atoms with Gasteiger partial charge in [0.1, 0.15) is 23.2 Å². The lowest BCUT2D eigenvalue weighted by Crippen LogP contribution is -2.10. The van der Waals surface area contributed by atoms with E-state index in [9.17, 15) is 18.0 Å². The van der Waals surface area contributed by atoms with Crippen molar-refractivity contribution in [3.63, 3.8) is 0 Å². The maximum Gasteiger partial charge on any atom is 0.200 e. The smallest absolute Gasteiger partial charge is 0.200 e. The zero-order chi connectivity index (χ0) is 15.7. The molecule has 0 bridgehead atoms. The molecular weight excluding hydrogens is 351 g/mol. The van der Waals surface area contributed by atoms with E-state index in [1.54, 1.807) is 0 Å². The molecule has 2 aromatic rings. The van der Waals surface area contributed by atoms with Crippen LogP contribution < -0.4 is 10.5 Å². The summed E-state index contributed by atoms with van der Waals surface area (Å²) in [6, 6.07) is 3.75. The van der Waals surface area contributed by atoms with Gasteiger partial charge in [-0.05, 0) is 28.1 Å². The van der Waals surface area contributed by atoms with Crippen LogP contribution in [-0.4, -0.2) is 12.9 Å². The van der Waals surface area contributed by atoms with Crippen molar-refractivity contribution in [1.82, 2.24) is 0 Å². The minimum absolute atomic E-state index is 0.0498. The average molecular weight is 360 g/mol. The minimum Gasteiger partial charge on any atom is -0.497 e. The molecule has 0 radical (unpaired) electrons. The molecule has 110 valence electrons. The standard InChI is InChI=1S/C14H9BrF3NO2/c1-21-6-2-10(17)13(11(18)3-6)14(20)7-4-12(19)9(16)5-8(7)15/h2-5H,19H2,1H3. The summed E-state index contributed by atoms with van der Waals surface area (Å²) in [5.41, 5.74) is 4.17. The molecule has 2 aromatic carbocycles. The summed E-state index contributed by atoms with van der Waals surface area (Å²) in [4.78, 5) is 12.2. The number of benzene rings is 2. The molecule has 0 aliphatic carbocycles. The van der Waals surface area contributed by atoms with Gasteiger partial charge in [0, 0.05) is 22.2 Å². The van der Waals surface area contributed by atoms with Gasteiger partial charge in [-0.15, -0.1) is 0 Å². The Hall–Kier alpha value is -2.02. The second-order valence-corrected chi connectivity index (χ2v) is 5.00. The normalized spacial score (nSPS) is 10.5. The van der Waals surface area contributed by atoms with Crippen molar-refractivity contribution in [2.75, 3.05) is 12.8 Å². The molecule has 0 fully saturated rings. The van der Waals surface area contributed by atoms with Crippen LogP contribution in [0, 0.1) is 17.5 Å². The molecule has 0 unspecified atom stereocenters. The minimum atomic E-state index is -1.08. The van der Waals surface area contributed by atoms with Crippen LogP contribution in [-0.2, 0) is 0 Å². The highest BCUT2D eigenvalue weighted by atomic mass is 79.9. The summed E-state index contributed by atoms with van der Waals surface area (Å²) >= 11 is 2.97. The molecule has 2 rings (SSSR count). The molecule has 0 amide bonds. The number of hydrogen-bond donors (Lipinski definition) is 1. The Kier molecular flexibility index (Phi) is 4.22. The van der Waals surface area contributed by atoms with Crippen molar-refractivity contribution in [2.24, 2.45) is 0 Å². The van der Waals surface area contributed by atoms with Crippen LogP contribution in [0.1, 0.15) is 15.9 Å². The van der Waals surface area contributed by atoms with E-state index in [4.69, 9.17) is 10.5 Å². The van der Waals surface area contributed by atoms with Crippen LogP contribution in [0.3, 0.4) is 0 Å². The SMILES string of the molecule is COc1cc(F)c(C(=O)c2cc(N)c(F)cc2Br)c(F)c1. The number of hydrogen-bond acceptors (Lipinski definition) is 3. The number of ketones is 1. The summed E-state index contributed by atoms with van der Waals surface area (Å²) in [6.07, 6.45) is 0. The number of nitrogen functional groups attached to an aromatic ring is 1. The molecule has 7 heteroatoms. The van der Waals surface area contributed by atoms with Crippen LogP contribution in [0.4, 0.5) is 18.9 Å². The van der Waals surface area contributed by atoms with E-state index in [2.05, 4.69) is 15.9 Å². The van der Waals surface area contributed by atoms with Gasteiger partial charge in [-0.25, -0.2) is 13.2 Å². The van der Waals surface area contributed by atoms with Crippen LogP contribution in [0.25, 0.3) is 0 Å². The highest BCUT2D eigenvalue weighted by Gasteiger charge is 2.23. The topological polar surface area (TPSA) is 52.3 Å². The molecule has 21 heavy (non-hydrogen) atoms. The molecule has 0 saturated heterocycles. The fourth-order valence-electron chi connectivity index (χ4n) is 1.76. The summed E-state index contributed by atoms with van der Waals surface area (Å²) in [5, 5.41) is 0. The zero-order valence-corrected chi connectivity index (χ0v) is 12.3. The number of rotatable bonds is 3. The Balaban J connectivity index is 2.58. The zero-order valence-electron chi connectivity index (χ0n) is 10.7. The molecule has 0 atom stereocenters. The predicted molar refractivity (Wildman–Crippen MR) is 74.9 cm³/mol. The first-order valence-corrected chi connectivity index (χ1v) is 6.46. The summed E-state index contributed by atoms with van der Waals surface area (Å²) < 4.78 is 45.8. The second kappa shape index (κ2) is 5.77. The molecule has 0 heterocycles. The summed E-state index contributed by atoms with van der Waals surface area (Å²) in [6.45, 7) is 0. The van der Waals surface area contributed by atoms with E-state index in [0.29, 0.717) is 0 Å². The summed E-state index contributed by atoms with van der Waals surface area (Å²) in [5.74, 6) is -3.90. The van der Waals surface area contributed by atoms with Gasteiger partial charge in [0.15, 0.2) is 5.78 Å². The second-order valence-electron chi connectivity index (χ2n) is 4.15. The number of anilines is 1. The van der Waals surface area contributed by atoms with Gasteiger partial charge < -0.3 is 10.5 Å². The number of methoxy groups -OCH3 is 1. The third kappa shape index (κ3) is 2.87. The largest absolute Gasteiger partial charge is 0.497 e. The Morgan fingerprint density at radius 1 is 1.10 bits per heavy atom. The van der Waals surface area contributed by atoms with Gasteiger partial charge in [-0.1, -0.05) is 0 Å². The highest BCUT2D eigenvalue weighted by Crippen LogP contribution is 2.28. The fourth-order valence-corrected chi connectivity index (χ4v) is 2.25. The van der Waals surface area contributed by atoms with E-state index in [-0.39, 0.29) is 21.5 Å². The predicted octanol–water partition coefficient (Wildman–Crippen LogP) is 3.69. The Labute approximate surface area is 126 Å². The van der Waals surface area contributed by atoms with Crippen molar-refractivity contribution < 1.29 is 22.7 Å². The first-order valence-electron chi connectivity index (χ1n) is 5.67. The van der Waals surface area contributed by atoms with Crippen molar-refractivity contribution in [1.29, 1.82) is 0 Å². The van der Waals surface area contributed by atoms with Crippen molar-refractivity contribution in [2.45, 2.75) is 0 Å². The third-order valence-corrected chi connectivity index (χ3v) is 3.47. The molecule has 0 aliphatic heterocycles. The number of ether oxygens (including phenoxy) is 1. The van der Waals surface area contributed by atoms with Crippen molar-refractivity contribution in [3.05, 3.63) is 57.3 Å². The van der Waals surface area contributed by atoms with Gasteiger partial charge in [-0.2, -0.15) is 0 Å². The average Bonchev–Trinajstić information content (AvgIpc) is 2.41. The van der Waals surface area contributed by atoms with Gasteiger partial charge in [0.25, 0.3) is 0 Å². The number of halogens is 4. The molecular formula is C14H9BrF3NO2. The van der Waals surface area contributed by atoms with E-state index < -0.39 is 28.8 Å². The van der Waals surface area contributed by atoms with E-state index in [1.165, 1.54) is 7.11 Å². The van der Waals surface area contributed by atoms with Crippen molar-refractivity contribution in [3.8, 4) is 5.75 Å². The van der Waals surface area contributed by atoms with Crippen LogP contribution in [0.5, 0.6) is 5.75 Å². The molecule has 3 nitrogen and oxygen atoms in total. The molecule has 0 aromatic heterocycles. The number of nitrogens with two attached hydrogens (primary N) is 1.